The van der Waals surface area contributed by atoms with Crippen LogP contribution in [0.15, 0.2) is 29.1 Å². The fraction of sp³-hybridized carbons (Fsp3) is 0.533. The fourth-order valence-corrected chi connectivity index (χ4v) is 3.00. The normalized spacial score (nSPS) is 20.4. The zero-order chi connectivity index (χ0) is 13.9. The van der Waals surface area contributed by atoms with E-state index < -0.39 is 0 Å². The smallest absolute Gasteiger partial charge is 0.278 e. The lowest BCUT2D eigenvalue weighted by Crippen LogP contribution is -2.43. The van der Waals surface area contributed by atoms with Gasteiger partial charge in [-0.1, -0.05) is 30.7 Å². The second kappa shape index (κ2) is 5.71. The van der Waals surface area contributed by atoms with Crippen molar-refractivity contribution in [2.75, 3.05) is 6.54 Å². The Morgan fingerprint density at radius 2 is 2.15 bits per heavy atom. The van der Waals surface area contributed by atoms with Crippen molar-refractivity contribution < 1.29 is 0 Å². The number of rotatable bonds is 3. The van der Waals surface area contributed by atoms with Gasteiger partial charge in [0.25, 0.3) is 5.56 Å². The Balaban J connectivity index is 1.90. The molecule has 0 N–H and O–H groups in total. The molecular formula is C15H20N4O. The molecule has 1 aromatic carbocycles. The van der Waals surface area contributed by atoms with Gasteiger partial charge in [0.2, 0.25) is 0 Å². The minimum Gasteiger partial charge on any atom is -0.281 e. The van der Waals surface area contributed by atoms with Gasteiger partial charge >= 0.3 is 0 Å². The Labute approximate surface area is 118 Å². The summed E-state index contributed by atoms with van der Waals surface area (Å²) in [6.07, 6.45) is 4.82. The number of nitrogens with zero attached hydrogens (tertiary/aromatic N) is 4. The van der Waals surface area contributed by atoms with Crippen LogP contribution in [0, 0.1) is 0 Å². The summed E-state index contributed by atoms with van der Waals surface area (Å²) in [6.45, 7) is 3.80. The van der Waals surface area contributed by atoms with Crippen LogP contribution in [0.3, 0.4) is 0 Å². The van der Waals surface area contributed by atoms with Gasteiger partial charge in [-0.3, -0.25) is 9.69 Å². The minimum absolute atomic E-state index is 0.0453. The maximum atomic E-state index is 12.4. The topological polar surface area (TPSA) is 51.0 Å². The fourth-order valence-electron chi connectivity index (χ4n) is 3.00. The standard InChI is InChI=1S/C15H20N4O/c1-2-12-7-5-6-10-18(12)11-19-15(20)13-8-3-4-9-14(13)16-17-19/h3-4,8-9,12H,2,5-7,10-11H2,1H3/t12-/m1/s1. The number of hydrogen-bond donors (Lipinski definition) is 0. The Morgan fingerprint density at radius 3 is 3.00 bits per heavy atom. The zero-order valence-electron chi connectivity index (χ0n) is 11.8. The van der Waals surface area contributed by atoms with Gasteiger partial charge in [-0.05, 0) is 31.4 Å². The lowest BCUT2D eigenvalue weighted by molar-refractivity contribution is 0.0976. The average Bonchev–Trinajstić information content (AvgIpc) is 2.51. The molecule has 0 radical (unpaired) electrons. The van der Waals surface area contributed by atoms with E-state index >= 15 is 0 Å². The Morgan fingerprint density at radius 1 is 1.30 bits per heavy atom. The van der Waals surface area contributed by atoms with E-state index in [0.29, 0.717) is 23.6 Å². The summed E-state index contributed by atoms with van der Waals surface area (Å²) in [5.74, 6) is 0. The second-order valence-corrected chi connectivity index (χ2v) is 5.42. The van der Waals surface area contributed by atoms with Crippen LogP contribution in [0.2, 0.25) is 0 Å². The molecule has 2 heterocycles. The van der Waals surface area contributed by atoms with Crippen LogP contribution in [-0.2, 0) is 6.67 Å². The molecule has 1 aliphatic heterocycles. The molecule has 1 aromatic heterocycles. The third-order valence-electron chi connectivity index (χ3n) is 4.17. The molecule has 1 atom stereocenters. The van der Waals surface area contributed by atoms with E-state index in [1.807, 2.05) is 24.3 Å². The molecule has 5 heteroatoms. The van der Waals surface area contributed by atoms with Crippen molar-refractivity contribution in [2.45, 2.75) is 45.3 Å². The highest BCUT2D eigenvalue weighted by molar-refractivity contribution is 5.76. The Bertz CT molecular complexity index is 652. The third kappa shape index (κ3) is 2.45. The molecule has 1 aliphatic rings. The molecule has 2 aromatic rings. The van der Waals surface area contributed by atoms with Crippen LogP contribution < -0.4 is 5.56 Å². The molecule has 3 rings (SSSR count). The summed E-state index contributed by atoms with van der Waals surface area (Å²) in [4.78, 5) is 14.8. The van der Waals surface area contributed by atoms with Gasteiger partial charge in [-0.2, -0.15) is 4.68 Å². The van der Waals surface area contributed by atoms with Crippen molar-refractivity contribution in [3.63, 3.8) is 0 Å². The van der Waals surface area contributed by atoms with Gasteiger partial charge in [0.15, 0.2) is 0 Å². The van der Waals surface area contributed by atoms with Crippen LogP contribution in [0.4, 0.5) is 0 Å². The maximum Gasteiger partial charge on any atom is 0.278 e. The van der Waals surface area contributed by atoms with Crippen molar-refractivity contribution in [1.82, 2.24) is 19.9 Å². The van der Waals surface area contributed by atoms with E-state index in [9.17, 15) is 4.79 Å². The number of piperidine rings is 1. The molecule has 5 nitrogen and oxygen atoms in total. The second-order valence-electron chi connectivity index (χ2n) is 5.42. The summed E-state index contributed by atoms with van der Waals surface area (Å²) in [5, 5.41) is 8.87. The Kier molecular flexibility index (Phi) is 3.78. The van der Waals surface area contributed by atoms with Crippen LogP contribution in [0.1, 0.15) is 32.6 Å². The molecule has 1 fully saturated rings. The summed E-state index contributed by atoms with van der Waals surface area (Å²) < 4.78 is 1.50. The first-order valence-corrected chi connectivity index (χ1v) is 7.36. The molecule has 0 aliphatic carbocycles. The average molecular weight is 272 g/mol. The highest BCUT2D eigenvalue weighted by Crippen LogP contribution is 2.19. The first kappa shape index (κ1) is 13.2. The molecule has 0 spiro atoms. The predicted molar refractivity (Wildman–Crippen MR) is 78.4 cm³/mol. The van der Waals surface area contributed by atoms with Gasteiger partial charge in [-0.15, -0.1) is 5.10 Å². The highest BCUT2D eigenvalue weighted by Gasteiger charge is 2.21. The molecule has 0 saturated carbocycles. The Hall–Kier alpha value is -1.75. The number of benzene rings is 1. The zero-order valence-corrected chi connectivity index (χ0v) is 11.8. The van der Waals surface area contributed by atoms with Crippen molar-refractivity contribution in [3.05, 3.63) is 34.6 Å². The first-order valence-electron chi connectivity index (χ1n) is 7.36. The number of hydrogen-bond acceptors (Lipinski definition) is 4. The van der Waals surface area contributed by atoms with Crippen molar-refractivity contribution in [3.8, 4) is 0 Å². The van der Waals surface area contributed by atoms with Gasteiger partial charge in [0.05, 0.1) is 12.1 Å². The molecular weight excluding hydrogens is 252 g/mol. The summed E-state index contributed by atoms with van der Waals surface area (Å²) >= 11 is 0. The van der Waals surface area contributed by atoms with Crippen LogP contribution in [0.25, 0.3) is 10.9 Å². The summed E-state index contributed by atoms with van der Waals surface area (Å²) in [7, 11) is 0. The molecule has 20 heavy (non-hydrogen) atoms. The third-order valence-corrected chi connectivity index (χ3v) is 4.17. The van der Waals surface area contributed by atoms with Crippen LogP contribution in [0.5, 0.6) is 0 Å². The number of fused-ring (bicyclic) bond motifs is 1. The van der Waals surface area contributed by atoms with Gasteiger partial charge in [0.1, 0.15) is 5.52 Å². The lowest BCUT2D eigenvalue weighted by atomic mass is 10.0. The van der Waals surface area contributed by atoms with E-state index in [2.05, 4.69) is 22.1 Å². The van der Waals surface area contributed by atoms with E-state index in [1.165, 1.54) is 23.9 Å². The van der Waals surface area contributed by atoms with E-state index in [0.717, 1.165) is 13.0 Å². The summed E-state index contributed by atoms with van der Waals surface area (Å²) in [5.41, 5.74) is 0.621. The molecule has 0 bridgehead atoms. The van der Waals surface area contributed by atoms with Gasteiger partial charge < -0.3 is 0 Å². The number of likely N-dealkylation sites (tertiary alicyclic amines) is 1. The van der Waals surface area contributed by atoms with Crippen LogP contribution in [-0.4, -0.2) is 32.5 Å². The van der Waals surface area contributed by atoms with Crippen molar-refractivity contribution >= 4 is 10.9 Å². The van der Waals surface area contributed by atoms with E-state index in [1.54, 1.807) is 0 Å². The van der Waals surface area contributed by atoms with Crippen molar-refractivity contribution in [1.29, 1.82) is 0 Å². The molecule has 1 saturated heterocycles. The predicted octanol–water partition coefficient (Wildman–Crippen LogP) is 2.01. The van der Waals surface area contributed by atoms with Crippen LogP contribution >= 0.6 is 0 Å². The van der Waals surface area contributed by atoms with Crippen molar-refractivity contribution in [2.24, 2.45) is 0 Å². The molecule has 0 unspecified atom stereocenters. The van der Waals surface area contributed by atoms with E-state index in [-0.39, 0.29) is 5.56 Å². The highest BCUT2D eigenvalue weighted by atomic mass is 16.1. The first-order chi connectivity index (χ1) is 9.79. The number of aromatic nitrogens is 3. The molecule has 0 amide bonds. The van der Waals surface area contributed by atoms with E-state index in [4.69, 9.17) is 0 Å². The monoisotopic (exact) mass is 272 g/mol. The van der Waals surface area contributed by atoms with Gasteiger partial charge in [0, 0.05) is 12.6 Å². The SMILES string of the molecule is CC[C@@H]1CCCCN1Cn1nnc2ccccc2c1=O. The summed E-state index contributed by atoms with van der Waals surface area (Å²) in [6, 6.07) is 7.94. The lowest BCUT2D eigenvalue weighted by Gasteiger charge is -2.34. The quantitative estimate of drug-likeness (QED) is 0.857. The largest absolute Gasteiger partial charge is 0.281 e. The minimum atomic E-state index is -0.0453. The molecule has 106 valence electrons. The maximum absolute atomic E-state index is 12.4. The van der Waals surface area contributed by atoms with Gasteiger partial charge in [-0.25, -0.2) is 0 Å².